The molecule has 26 heteroatoms. The Morgan fingerprint density at radius 3 is 1.37 bits per heavy atom. The molecule has 2 amide bonds. The summed E-state index contributed by atoms with van der Waals surface area (Å²) >= 11 is 3.79. The average molecular weight is 879 g/mol. The molecule has 0 unspecified atom stereocenters. The second kappa shape index (κ2) is 26.4. The van der Waals surface area contributed by atoms with E-state index in [0.29, 0.717) is 0 Å². The highest BCUT2D eigenvalue weighted by Crippen LogP contribution is 2.23. The van der Waals surface area contributed by atoms with Crippen molar-refractivity contribution in [3.05, 3.63) is 0 Å². The van der Waals surface area contributed by atoms with E-state index in [2.05, 4.69) is 12.6 Å². The molecule has 0 heterocycles. The van der Waals surface area contributed by atoms with Crippen molar-refractivity contribution in [3.63, 3.8) is 0 Å². The highest BCUT2D eigenvalue weighted by Gasteiger charge is 2.42. The van der Waals surface area contributed by atoms with Crippen LogP contribution in [0, 0.1) is 23.7 Å². The summed E-state index contributed by atoms with van der Waals surface area (Å²) in [5.74, 6) is -19.8. The van der Waals surface area contributed by atoms with Gasteiger partial charge in [0.05, 0.1) is 56.2 Å². The quantitative estimate of drug-likeness (QED) is 0.0288. The van der Waals surface area contributed by atoms with E-state index in [0.717, 1.165) is 6.92 Å². The molecule has 17 N–H and O–H groups in total. The molecule has 0 fully saturated rings. The molecule has 0 aromatic heterocycles. The normalized spacial score (nSPS) is 19.4. The number of aliphatic hydroxyl groups is 12. The number of hydrogen-bond acceptors (Lipinski definition) is 21. The van der Waals surface area contributed by atoms with Crippen molar-refractivity contribution in [2.75, 3.05) is 25.6 Å². The van der Waals surface area contributed by atoms with Crippen LogP contribution < -0.4 is 10.6 Å². The van der Waals surface area contributed by atoms with Gasteiger partial charge in [0.2, 0.25) is 11.8 Å². The number of Topliss-reactive ketones (excluding diaryl/α,β-unsaturated/α-hetero) is 3. The second-order valence-electron chi connectivity index (χ2n) is 13.8. The van der Waals surface area contributed by atoms with Gasteiger partial charge in [0.1, 0.15) is 66.4 Å². The number of ketones is 3. The molecule has 0 aromatic carbocycles. The summed E-state index contributed by atoms with van der Waals surface area (Å²) in [7, 11) is 0. The van der Waals surface area contributed by atoms with Crippen molar-refractivity contribution in [1.82, 2.24) is 10.6 Å². The average Bonchev–Trinajstić information content (AvgIpc) is 3.19. The van der Waals surface area contributed by atoms with Crippen molar-refractivity contribution in [3.8, 4) is 0 Å². The lowest BCUT2D eigenvalue weighted by atomic mass is 9.84. The molecular weight excluding hydrogens is 824 g/mol. The van der Waals surface area contributed by atoms with Gasteiger partial charge in [0, 0.05) is 37.4 Å². The SMILES string of the molecule is C[C@H](C(=O)C[C@@H](CC(=O)C[C@H](C(=O)N[C@@H](CC(=O)N[C@H](C(=O)C[C@@H](CS)C(=O)O)[C@@H](O)[C@H](O)[C@H](O)CO)C(=O)O)[C@@H](O)[C@H](O)[C@H](O)CO)C(=O)O)[C@@H](O)[C@H](O)[C@H](O)CO. The van der Waals surface area contributed by atoms with Gasteiger partial charge in [-0.3, -0.25) is 33.6 Å². The van der Waals surface area contributed by atoms with Crippen LogP contribution in [-0.2, 0) is 38.4 Å². The number of carbonyl (C=O) groups is 8. The Hall–Kier alpha value is -3.77. The molecular formula is C33H54N2O23S. The number of carboxylic acid groups (broad SMARTS) is 3. The van der Waals surface area contributed by atoms with Crippen LogP contribution in [0.4, 0.5) is 0 Å². The Morgan fingerprint density at radius 1 is 0.508 bits per heavy atom. The maximum Gasteiger partial charge on any atom is 0.326 e. The van der Waals surface area contributed by atoms with Crippen LogP contribution in [0.2, 0.25) is 0 Å². The van der Waals surface area contributed by atoms with Gasteiger partial charge in [0.15, 0.2) is 5.78 Å². The summed E-state index contributed by atoms with van der Waals surface area (Å²) in [4.78, 5) is 101. The smallest absolute Gasteiger partial charge is 0.326 e. The zero-order valence-corrected chi connectivity index (χ0v) is 32.3. The number of carbonyl (C=O) groups excluding carboxylic acids is 5. The summed E-state index contributed by atoms with van der Waals surface area (Å²) in [6.07, 6.45) is -25.7. The summed E-state index contributed by atoms with van der Waals surface area (Å²) < 4.78 is 0. The first-order chi connectivity index (χ1) is 27.3. The number of amides is 2. The van der Waals surface area contributed by atoms with Gasteiger partial charge in [-0.1, -0.05) is 6.92 Å². The van der Waals surface area contributed by atoms with Crippen LogP contribution in [0.1, 0.15) is 39.0 Å². The Morgan fingerprint density at radius 2 is 0.949 bits per heavy atom. The molecule has 0 radical (unpaired) electrons. The first-order valence-electron chi connectivity index (χ1n) is 17.7. The van der Waals surface area contributed by atoms with Crippen LogP contribution in [-0.4, -0.2) is 216 Å². The van der Waals surface area contributed by atoms with Crippen LogP contribution in [0.25, 0.3) is 0 Å². The highest BCUT2D eigenvalue weighted by molar-refractivity contribution is 7.80. The standard InChI is InChI=1S/C33H54N2O23S/c1-11(24(46)26(48)19(42)7-36)17(40)3-12(31(53)54)2-14(39)5-15(25(47)27(49)20(43)8-37)30(52)34-16(33(57)58)6-22(45)35-23(29(51)28(50)21(44)9-38)18(41)4-13(10-59)32(55)56/h11-13,15-16,19-21,23-29,36-38,42-44,46-51,59H,2-10H2,1H3,(H,34,52)(H,35,45)(H,53,54)(H,55,56)(H,57,58)/t11-,12-,13+,15+,16+,19-,20-,21-,23-,24-,25-,26-,27-,28-,29-/m1/s1. The van der Waals surface area contributed by atoms with Gasteiger partial charge in [-0.05, 0) is 0 Å². The third-order valence-electron chi connectivity index (χ3n) is 9.31. The fourth-order valence-corrected chi connectivity index (χ4v) is 5.71. The Bertz CT molecular complexity index is 1440. The maximum absolute atomic E-state index is 13.4. The van der Waals surface area contributed by atoms with Gasteiger partial charge in [-0.2, -0.15) is 12.6 Å². The van der Waals surface area contributed by atoms with Crippen molar-refractivity contribution < 1.29 is 115 Å². The first kappa shape index (κ1) is 55.2. The van der Waals surface area contributed by atoms with Crippen LogP contribution >= 0.6 is 12.6 Å². The van der Waals surface area contributed by atoms with Gasteiger partial charge >= 0.3 is 17.9 Å². The summed E-state index contributed by atoms with van der Waals surface area (Å²) in [6.45, 7) is -2.38. The Balaban J connectivity index is 6.44. The molecule has 340 valence electrons. The number of nitrogens with one attached hydrogen (secondary N) is 2. The molecule has 59 heavy (non-hydrogen) atoms. The van der Waals surface area contributed by atoms with Gasteiger partial charge in [-0.15, -0.1) is 0 Å². The number of aliphatic carboxylic acids is 3. The zero-order valence-electron chi connectivity index (χ0n) is 31.4. The van der Waals surface area contributed by atoms with Crippen LogP contribution in [0.3, 0.4) is 0 Å². The van der Waals surface area contributed by atoms with E-state index in [-0.39, 0.29) is 0 Å². The predicted molar refractivity (Wildman–Crippen MR) is 194 cm³/mol. The summed E-state index contributed by atoms with van der Waals surface area (Å²) in [6, 6.07) is -4.64. The third kappa shape index (κ3) is 17.4. The van der Waals surface area contributed by atoms with E-state index in [1.165, 1.54) is 0 Å². The summed E-state index contributed by atoms with van der Waals surface area (Å²) in [5.41, 5.74) is 0. The monoisotopic (exact) mass is 878 g/mol. The minimum Gasteiger partial charge on any atom is -0.481 e. The molecule has 0 rings (SSSR count). The van der Waals surface area contributed by atoms with E-state index in [1.54, 1.807) is 5.32 Å². The number of rotatable bonds is 31. The molecule has 0 aromatic rings. The highest BCUT2D eigenvalue weighted by atomic mass is 32.1. The van der Waals surface area contributed by atoms with E-state index in [9.17, 15) is 105 Å². The van der Waals surface area contributed by atoms with Crippen LogP contribution in [0.5, 0.6) is 0 Å². The summed E-state index contributed by atoms with van der Waals surface area (Å²) in [5, 5.41) is 151. The maximum atomic E-state index is 13.4. The fourth-order valence-electron chi connectivity index (χ4n) is 5.43. The van der Waals surface area contributed by atoms with Crippen molar-refractivity contribution in [2.45, 2.75) is 106 Å². The fraction of sp³-hybridized carbons (Fsp3) is 0.758. The lowest BCUT2D eigenvalue weighted by Crippen LogP contribution is -2.57. The molecule has 25 nitrogen and oxygen atoms in total. The molecule has 0 saturated carbocycles. The van der Waals surface area contributed by atoms with Crippen molar-refractivity contribution in [1.29, 1.82) is 0 Å². The molecule has 0 aliphatic rings. The largest absolute Gasteiger partial charge is 0.481 e. The van der Waals surface area contributed by atoms with Gasteiger partial charge in [-0.25, -0.2) is 4.79 Å². The van der Waals surface area contributed by atoms with E-state index in [4.69, 9.17) is 10.2 Å². The molecule has 15 atom stereocenters. The van der Waals surface area contributed by atoms with E-state index in [1.807, 2.05) is 5.32 Å². The van der Waals surface area contributed by atoms with E-state index >= 15 is 0 Å². The zero-order chi connectivity index (χ0) is 46.1. The lowest BCUT2D eigenvalue weighted by Gasteiger charge is -2.30. The van der Waals surface area contributed by atoms with Crippen molar-refractivity contribution in [2.24, 2.45) is 23.7 Å². The molecule has 0 aliphatic heterocycles. The molecule has 0 bridgehead atoms. The topological polar surface area (TPSA) is 464 Å². The first-order valence-corrected chi connectivity index (χ1v) is 18.4. The number of aliphatic hydroxyl groups excluding tert-OH is 12. The van der Waals surface area contributed by atoms with Crippen LogP contribution in [0.15, 0.2) is 0 Å². The third-order valence-corrected chi connectivity index (χ3v) is 9.75. The van der Waals surface area contributed by atoms with Gasteiger partial charge < -0.3 is 87.2 Å². The Labute approximate surface area is 340 Å². The molecule has 0 spiro atoms. The van der Waals surface area contributed by atoms with E-state index < -0.39 is 195 Å². The lowest BCUT2D eigenvalue weighted by molar-refractivity contribution is -0.150. The Kier molecular flexibility index (Phi) is 24.8. The predicted octanol–water partition coefficient (Wildman–Crippen LogP) is -8.49. The number of carboxylic acids is 3. The molecule has 0 saturated heterocycles. The number of thiol groups is 1. The minimum absolute atomic E-state index is 0.437. The molecule has 0 aliphatic carbocycles. The number of hydrogen-bond donors (Lipinski definition) is 18. The second-order valence-corrected chi connectivity index (χ2v) is 14.1. The van der Waals surface area contributed by atoms with Gasteiger partial charge in [0.25, 0.3) is 0 Å². The van der Waals surface area contributed by atoms with Crippen molar-refractivity contribution >= 4 is 59.7 Å². The minimum atomic E-state index is -2.53.